The number of nitrogens with one attached hydrogen (secondary N) is 1. The Morgan fingerprint density at radius 1 is 0.958 bits per heavy atom. The number of fused-ring (bicyclic) bond motifs is 1. The summed E-state index contributed by atoms with van der Waals surface area (Å²) >= 11 is 0. The first-order valence-electron chi connectivity index (χ1n) is 7.32. The van der Waals surface area contributed by atoms with Gasteiger partial charge in [-0.2, -0.15) is 0 Å². The highest BCUT2D eigenvalue weighted by atomic mass is 16.6. The highest BCUT2D eigenvalue weighted by Gasteiger charge is 2.12. The molecule has 0 fully saturated rings. The van der Waals surface area contributed by atoms with Gasteiger partial charge in [-0.15, -0.1) is 0 Å². The number of hydrogen-bond acceptors (Lipinski definition) is 6. The molecule has 24 heavy (non-hydrogen) atoms. The van der Waals surface area contributed by atoms with Crippen molar-refractivity contribution in [1.29, 1.82) is 0 Å². The Morgan fingerprint density at radius 2 is 1.71 bits per heavy atom. The quantitative estimate of drug-likeness (QED) is 0.815. The number of carbonyl (C=O) groups is 3. The number of alkyl carbamates (subject to hydrolysis) is 1. The van der Waals surface area contributed by atoms with Crippen LogP contribution in [0.5, 0.6) is 5.75 Å². The summed E-state index contributed by atoms with van der Waals surface area (Å²) in [6.07, 6.45) is -0.883. The maximum atomic E-state index is 11.6. The summed E-state index contributed by atoms with van der Waals surface area (Å²) in [6, 6.07) is 13.2. The van der Waals surface area contributed by atoms with E-state index in [2.05, 4.69) is 4.74 Å². The van der Waals surface area contributed by atoms with E-state index in [1.165, 1.54) is 0 Å². The molecule has 0 heterocycles. The molecule has 2 amide bonds. The van der Waals surface area contributed by atoms with E-state index in [9.17, 15) is 14.4 Å². The van der Waals surface area contributed by atoms with Crippen LogP contribution in [0.3, 0.4) is 0 Å². The molecule has 2 aromatic carbocycles. The Bertz CT molecular complexity index is 743. The summed E-state index contributed by atoms with van der Waals surface area (Å²) in [5.74, 6) is -0.976. The average molecular weight is 331 g/mol. The van der Waals surface area contributed by atoms with Crippen molar-refractivity contribution in [2.45, 2.75) is 6.92 Å². The molecule has 2 aromatic rings. The largest absolute Gasteiger partial charge is 0.482 e. The third-order valence-corrected chi connectivity index (χ3v) is 2.96. The van der Waals surface area contributed by atoms with Crippen LogP contribution in [-0.4, -0.2) is 37.8 Å². The van der Waals surface area contributed by atoms with E-state index in [1.54, 1.807) is 19.1 Å². The molecule has 2 rings (SSSR count). The van der Waals surface area contributed by atoms with Crippen molar-refractivity contribution in [3.8, 4) is 5.75 Å². The predicted molar refractivity (Wildman–Crippen MR) is 85.6 cm³/mol. The standard InChI is InChI=1S/C17H17NO6/c1-2-22-17(21)18-15(19)10-24-16(20)11-23-14-8-7-12-5-3-4-6-13(12)9-14/h3-9H,2,10-11H2,1H3,(H,18,19,21). The molecule has 0 saturated heterocycles. The molecule has 7 heteroatoms. The van der Waals surface area contributed by atoms with Gasteiger partial charge in [-0.1, -0.05) is 30.3 Å². The first-order chi connectivity index (χ1) is 11.6. The molecule has 0 aliphatic rings. The van der Waals surface area contributed by atoms with Crippen LogP contribution in [-0.2, 0) is 19.1 Å². The van der Waals surface area contributed by atoms with Gasteiger partial charge in [0, 0.05) is 0 Å². The summed E-state index contributed by atoms with van der Waals surface area (Å²) in [4.78, 5) is 33.9. The minimum Gasteiger partial charge on any atom is -0.482 e. The molecule has 0 bridgehead atoms. The van der Waals surface area contributed by atoms with Gasteiger partial charge in [0.05, 0.1) is 6.61 Å². The Labute approximate surface area is 138 Å². The van der Waals surface area contributed by atoms with Crippen molar-refractivity contribution >= 4 is 28.7 Å². The highest BCUT2D eigenvalue weighted by Crippen LogP contribution is 2.20. The summed E-state index contributed by atoms with van der Waals surface area (Å²) in [7, 11) is 0. The van der Waals surface area contributed by atoms with E-state index in [0.717, 1.165) is 10.8 Å². The zero-order chi connectivity index (χ0) is 17.4. The fraction of sp³-hybridized carbons (Fsp3) is 0.235. The van der Waals surface area contributed by atoms with Crippen molar-refractivity contribution in [3.63, 3.8) is 0 Å². The smallest absolute Gasteiger partial charge is 0.413 e. The van der Waals surface area contributed by atoms with E-state index in [-0.39, 0.29) is 13.2 Å². The number of esters is 1. The van der Waals surface area contributed by atoms with Crippen LogP contribution in [0, 0.1) is 0 Å². The van der Waals surface area contributed by atoms with Gasteiger partial charge in [0.25, 0.3) is 5.91 Å². The molecule has 0 atom stereocenters. The Morgan fingerprint density at radius 3 is 2.46 bits per heavy atom. The third-order valence-electron chi connectivity index (χ3n) is 2.96. The lowest BCUT2D eigenvalue weighted by Gasteiger charge is -2.08. The highest BCUT2D eigenvalue weighted by molar-refractivity contribution is 5.93. The van der Waals surface area contributed by atoms with Gasteiger partial charge in [0.2, 0.25) is 0 Å². The minimum atomic E-state index is -0.883. The van der Waals surface area contributed by atoms with Crippen molar-refractivity contribution in [2.75, 3.05) is 19.8 Å². The molecule has 0 aliphatic carbocycles. The number of ether oxygens (including phenoxy) is 3. The SMILES string of the molecule is CCOC(=O)NC(=O)COC(=O)COc1ccc2ccccc2c1. The van der Waals surface area contributed by atoms with Gasteiger partial charge in [-0.3, -0.25) is 10.1 Å². The van der Waals surface area contributed by atoms with Crippen LogP contribution in [0.25, 0.3) is 10.8 Å². The second-order valence-electron chi connectivity index (χ2n) is 4.73. The number of imide groups is 1. The van der Waals surface area contributed by atoms with Gasteiger partial charge in [0.15, 0.2) is 13.2 Å². The molecule has 0 aromatic heterocycles. The van der Waals surface area contributed by atoms with E-state index < -0.39 is 24.6 Å². The lowest BCUT2D eigenvalue weighted by molar-refractivity contribution is -0.150. The molecular formula is C17H17NO6. The van der Waals surface area contributed by atoms with E-state index in [0.29, 0.717) is 5.75 Å². The normalized spacial score (nSPS) is 10.0. The van der Waals surface area contributed by atoms with Gasteiger partial charge < -0.3 is 14.2 Å². The van der Waals surface area contributed by atoms with Gasteiger partial charge in [-0.25, -0.2) is 9.59 Å². The van der Waals surface area contributed by atoms with Gasteiger partial charge >= 0.3 is 12.1 Å². The van der Waals surface area contributed by atoms with Crippen LogP contribution < -0.4 is 10.1 Å². The molecule has 7 nitrogen and oxygen atoms in total. The Balaban J connectivity index is 1.76. The molecule has 126 valence electrons. The summed E-state index contributed by atoms with van der Waals surface area (Å²) < 4.78 is 14.6. The molecule has 0 radical (unpaired) electrons. The fourth-order valence-corrected chi connectivity index (χ4v) is 1.90. The zero-order valence-electron chi connectivity index (χ0n) is 13.1. The predicted octanol–water partition coefficient (Wildman–Crippen LogP) is 2.03. The first kappa shape index (κ1) is 17.3. The van der Waals surface area contributed by atoms with E-state index in [1.807, 2.05) is 35.6 Å². The number of hydrogen-bond donors (Lipinski definition) is 1. The third kappa shape index (κ3) is 5.28. The van der Waals surface area contributed by atoms with Crippen molar-refractivity contribution in [2.24, 2.45) is 0 Å². The number of amides is 2. The molecule has 0 aliphatic heterocycles. The van der Waals surface area contributed by atoms with Crippen LogP contribution in [0.4, 0.5) is 4.79 Å². The van der Waals surface area contributed by atoms with Gasteiger partial charge in [0.1, 0.15) is 5.75 Å². The number of rotatable bonds is 6. The lowest BCUT2D eigenvalue weighted by Crippen LogP contribution is -2.35. The maximum Gasteiger partial charge on any atom is 0.413 e. The van der Waals surface area contributed by atoms with Gasteiger partial charge in [-0.05, 0) is 29.8 Å². The van der Waals surface area contributed by atoms with Crippen molar-refractivity contribution in [1.82, 2.24) is 5.32 Å². The van der Waals surface area contributed by atoms with Crippen LogP contribution in [0.15, 0.2) is 42.5 Å². The zero-order valence-corrected chi connectivity index (χ0v) is 13.1. The minimum absolute atomic E-state index is 0.137. The number of carbonyl (C=O) groups excluding carboxylic acids is 3. The average Bonchev–Trinajstić information content (AvgIpc) is 2.58. The van der Waals surface area contributed by atoms with E-state index >= 15 is 0 Å². The number of benzene rings is 2. The van der Waals surface area contributed by atoms with Crippen molar-refractivity contribution in [3.05, 3.63) is 42.5 Å². The molecular weight excluding hydrogens is 314 g/mol. The fourth-order valence-electron chi connectivity index (χ4n) is 1.90. The van der Waals surface area contributed by atoms with Crippen molar-refractivity contribution < 1.29 is 28.6 Å². The van der Waals surface area contributed by atoms with Crippen LogP contribution in [0.1, 0.15) is 6.92 Å². The molecule has 0 saturated carbocycles. The molecule has 0 spiro atoms. The van der Waals surface area contributed by atoms with Crippen LogP contribution in [0.2, 0.25) is 0 Å². The monoisotopic (exact) mass is 331 g/mol. The maximum absolute atomic E-state index is 11.6. The second-order valence-corrected chi connectivity index (χ2v) is 4.73. The summed E-state index contributed by atoms with van der Waals surface area (Å²) in [5.41, 5.74) is 0. The van der Waals surface area contributed by atoms with E-state index in [4.69, 9.17) is 9.47 Å². The Kier molecular flexibility index (Phi) is 6.13. The molecule has 0 unspecified atom stereocenters. The van der Waals surface area contributed by atoms with Crippen LogP contribution >= 0.6 is 0 Å². The molecule has 1 N–H and O–H groups in total. The topological polar surface area (TPSA) is 90.9 Å². The Hall–Kier alpha value is -3.09. The summed E-state index contributed by atoms with van der Waals surface area (Å²) in [5, 5.41) is 3.95. The lowest BCUT2D eigenvalue weighted by atomic mass is 10.1. The first-order valence-corrected chi connectivity index (χ1v) is 7.32. The summed E-state index contributed by atoms with van der Waals surface area (Å²) in [6.45, 7) is 0.816. The second kappa shape index (κ2) is 8.52.